The van der Waals surface area contributed by atoms with Gasteiger partial charge in [0.05, 0.1) is 6.61 Å². The average Bonchev–Trinajstić information content (AvgIpc) is 2.64. The molecule has 0 aliphatic rings. The summed E-state index contributed by atoms with van der Waals surface area (Å²) in [5.74, 6) is 0.581. The normalized spacial score (nSPS) is 10.2. The number of nitrogens with one attached hydrogen (secondary N) is 2. The van der Waals surface area contributed by atoms with E-state index in [0.717, 1.165) is 11.1 Å². The molecule has 2 aromatic rings. The first-order valence-corrected chi connectivity index (χ1v) is 8.98. The van der Waals surface area contributed by atoms with Gasteiger partial charge in [0, 0.05) is 11.4 Å². The number of hydrazine groups is 1. The van der Waals surface area contributed by atoms with Crippen LogP contribution in [0.1, 0.15) is 24.0 Å². The van der Waals surface area contributed by atoms with Crippen LogP contribution in [0.15, 0.2) is 42.5 Å². The second-order valence-corrected chi connectivity index (χ2v) is 6.47. The Morgan fingerprint density at radius 1 is 0.963 bits per heavy atom. The minimum atomic E-state index is -0.433. The van der Waals surface area contributed by atoms with Gasteiger partial charge in [0.25, 0.3) is 5.91 Å². The molecule has 0 radical (unpaired) electrons. The van der Waals surface area contributed by atoms with Gasteiger partial charge in [-0.1, -0.05) is 23.7 Å². The predicted octanol–water partition coefficient (Wildman–Crippen LogP) is 3.34. The van der Waals surface area contributed by atoms with Crippen LogP contribution in [0.3, 0.4) is 0 Å². The molecule has 0 aromatic heterocycles. The number of rotatable bonds is 8. The van der Waals surface area contributed by atoms with E-state index in [4.69, 9.17) is 21.1 Å². The monoisotopic (exact) mass is 390 g/mol. The lowest BCUT2D eigenvalue weighted by atomic mass is 10.2. The van der Waals surface area contributed by atoms with Gasteiger partial charge in [0.2, 0.25) is 5.91 Å². The van der Waals surface area contributed by atoms with Gasteiger partial charge in [-0.15, -0.1) is 0 Å². The fourth-order valence-electron chi connectivity index (χ4n) is 2.22. The third kappa shape index (κ3) is 7.58. The van der Waals surface area contributed by atoms with Gasteiger partial charge in [-0.05, 0) is 61.7 Å². The highest BCUT2D eigenvalue weighted by Gasteiger charge is 2.06. The summed E-state index contributed by atoms with van der Waals surface area (Å²) in [6.45, 7) is 4.04. The molecule has 0 aliphatic carbocycles. The first-order valence-electron chi connectivity index (χ1n) is 8.60. The molecule has 0 bridgehead atoms. The number of carbonyl (C=O) groups is 2. The number of hydrogen-bond acceptors (Lipinski definition) is 4. The first kappa shape index (κ1) is 20.6. The topological polar surface area (TPSA) is 76.7 Å². The molecule has 2 rings (SSSR count). The summed E-state index contributed by atoms with van der Waals surface area (Å²) in [4.78, 5) is 23.4. The van der Waals surface area contributed by atoms with Crippen LogP contribution in [0.2, 0.25) is 5.02 Å². The molecule has 0 saturated heterocycles. The average molecular weight is 391 g/mol. The lowest BCUT2D eigenvalue weighted by Gasteiger charge is -2.10. The zero-order valence-electron chi connectivity index (χ0n) is 15.4. The summed E-state index contributed by atoms with van der Waals surface area (Å²) >= 11 is 5.96. The minimum Gasteiger partial charge on any atom is -0.494 e. The lowest BCUT2D eigenvalue weighted by molar-refractivity contribution is -0.130. The summed E-state index contributed by atoms with van der Waals surface area (Å²) in [5.41, 5.74) is 6.65. The van der Waals surface area contributed by atoms with Crippen molar-refractivity contribution in [2.75, 3.05) is 13.2 Å². The number of benzene rings is 2. The Balaban J connectivity index is 1.58. The van der Waals surface area contributed by atoms with Crippen molar-refractivity contribution in [2.45, 2.75) is 26.7 Å². The zero-order chi connectivity index (χ0) is 19.6. The molecular formula is C20H23ClN2O4. The largest absolute Gasteiger partial charge is 0.494 e. The van der Waals surface area contributed by atoms with Crippen molar-refractivity contribution in [3.63, 3.8) is 0 Å². The molecule has 144 valence electrons. The van der Waals surface area contributed by atoms with Gasteiger partial charge < -0.3 is 9.47 Å². The SMILES string of the molecule is Cc1cccc(OCC(=O)NNC(=O)CCCOc2ccc(Cl)c(C)c2)c1. The molecule has 0 unspecified atom stereocenters. The van der Waals surface area contributed by atoms with E-state index in [1.807, 2.05) is 38.1 Å². The van der Waals surface area contributed by atoms with Crippen LogP contribution in [-0.2, 0) is 9.59 Å². The highest BCUT2D eigenvalue weighted by Crippen LogP contribution is 2.21. The van der Waals surface area contributed by atoms with Crippen molar-refractivity contribution < 1.29 is 19.1 Å². The summed E-state index contributed by atoms with van der Waals surface area (Å²) < 4.78 is 10.9. The van der Waals surface area contributed by atoms with Crippen LogP contribution in [-0.4, -0.2) is 25.0 Å². The highest BCUT2D eigenvalue weighted by atomic mass is 35.5. The van der Waals surface area contributed by atoms with Crippen molar-refractivity contribution in [2.24, 2.45) is 0 Å². The Morgan fingerprint density at radius 2 is 1.70 bits per heavy atom. The van der Waals surface area contributed by atoms with E-state index in [-0.39, 0.29) is 18.9 Å². The molecule has 27 heavy (non-hydrogen) atoms. The molecular weight excluding hydrogens is 368 g/mol. The number of aryl methyl sites for hydroxylation is 2. The van der Waals surface area contributed by atoms with Crippen molar-refractivity contribution in [1.82, 2.24) is 10.9 Å². The Kier molecular flexibility index (Phi) is 7.95. The molecule has 0 spiro atoms. The van der Waals surface area contributed by atoms with Crippen LogP contribution in [0.5, 0.6) is 11.5 Å². The molecule has 6 nitrogen and oxygen atoms in total. The van der Waals surface area contributed by atoms with Crippen molar-refractivity contribution in [3.05, 3.63) is 58.6 Å². The number of hydrogen-bond donors (Lipinski definition) is 2. The zero-order valence-corrected chi connectivity index (χ0v) is 16.1. The van der Waals surface area contributed by atoms with Crippen molar-refractivity contribution in [1.29, 1.82) is 0 Å². The maximum Gasteiger partial charge on any atom is 0.276 e. The van der Waals surface area contributed by atoms with Crippen LogP contribution in [0, 0.1) is 13.8 Å². The van der Waals surface area contributed by atoms with Crippen molar-refractivity contribution >= 4 is 23.4 Å². The summed E-state index contributed by atoms with van der Waals surface area (Å²) in [5, 5.41) is 0.684. The van der Waals surface area contributed by atoms with Gasteiger partial charge in [0.1, 0.15) is 11.5 Å². The maximum absolute atomic E-state index is 11.7. The van der Waals surface area contributed by atoms with E-state index >= 15 is 0 Å². The Bertz CT molecular complexity index is 795. The molecule has 2 N–H and O–H groups in total. The second-order valence-electron chi connectivity index (χ2n) is 6.06. The van der Waals surface area contributed by atoms with E-state index in [2.05, 4.69) is 10.9 Å². The Morgan fingerprint density at radius 3 is 2.44 bits per heavy atom. The van der Waals surface area contributed by atoms with Crippen LogP contribution in [0.4, 0.5) is 0 Å². The summed E-state index contributed by atoms with van der Waals surface area (Å²) in [6.07, 6.45) is 0.745. The molecule has 0 atom stereocenters. The second kappa shape index (κ2) is 10.4. The molecule has 2 aromatic carbocycles. The minimum absolute atomic E-state index is 0.178. The quantitative estimate of drug-likeness (QED) is 0.535. The van der Waals surface area contributed by atoms with Crippen molar-refractivity contribution in [3.8, 4) is 11.5 Å². The van der Waals surface area contributed by atoms with E-state index in [9.17, 15) is 9.59 Å². The smallest absolute Gasteiger partial charge is 0.276 e. The predicted molar refractivity (Wildman–Crippen MR) is 104 cm³/mol. The van der Waals surface area contributed by atoms with E-state index in [1.54, 1.807) is 18.2 Å². The fraction of sp³-hybridized carbons (Fsp3) is 0.300. The van der Waals surface area contributed by atoms with E-state index in [0.29, 0.717) is 29.5 Å². The standard InChI is InChI=1S/C20H23ClN2O4/c1-14-5-3-6-16(11-14)27-13-20(25)23-22-19(24)7-4-10-26-17-8-9-18(21)15(2)12-17/h3,5-6,8-9,11-12H,4,7,10,13H2,1-2H3,(H,22,24)(H,23,25). The summed E-state index contributed by atoms with van der Waals surface area (Å²) in [6, 6.07) is 12.8. The number of amides is 2. The highest BCUT2D eigenvalue weighted by molar-refractivity contribution is 6.31. The number of halogens is 1. The third-order valence-corrected chi connectivity index (χ3v) is 4.07. The van der Waals surface area contributed by atoms with Crippen LogP contribution < -0.4 is 20.3 Å². The molecule has 0 fully saturated rings. The Labute approximate surface area is 163 Å². The van der Waals surface area contributed by atoms with Gasteiger partial charge in [0.15, 0.2) is 6.61 Å². The van der Waals surface area contributed by atoms with Gasteiger partial charge >= 0.3 is 0 Å². The van der Waals surface area contributed by atoms with Crippen LogP contribution >= 0.6 is 11.6 Å². The van der Waals surface area contributed by atoms with Gasteiger partial charge in [-0.25, -0.2) is 0 Å². The molecule has 0 heterocycles. The Hall–Kier alpha value is -2.73. The van der Waals surface area contributed by atoms with Gasteiger partial charge in [-0.2, -0.15) is 0 Å². The van der Waals surface area contributed by atoms with E-state index in [1.165, 1.54) is 0 Å². The fourth-order valence-corrected chi connectivity index (χ4v) is 2.34. The van der Waals surface area contributed by atoms with E-state index < -0.39 is 5.91 Å². The molecule has 0 saturated carbocycles. The first-order chi connectivity index (χ1) is 12.9. The van der Waals surface area contributed by atoms with Gasteiger partial charge in [-0.3, -0.25) is 20.4 Å². The van der Waals surface area contributed by atoms with Crippen LogP contribution in [0.25, 0.3) is 0 Å². The third-order valence-electron chi connectivity index (χ3n) is 3.65. The molecule has 2 amide bonds. The number of carbonyl (C=O) groups excluding carboxylic acids is 2. The maximum atomic E-state index is 11.7. The summed E-state index contributed by atoms with van der Waals surface area (Å²) in [7, 11) is 0. The lowest BCUT2D eigenvalue weighted by Crippen LogP contribution is -2.43. The number of ether oxygens (including phenoxy) is 2. The molecule has 0 aliphatic heterocycles. The molecule has 7 heteroatoms.